The first kappa shape index (κ1) is 25.3. The Morgan fingerprint density at radius 1 is 1.00 bits per heavy atom. The van der Waals surface area contributed by atoms with Crippen molar-refractivity contribution < 1.29 is 28.5 Å². The molecule has 1 heterocycles. The molecule has 0 fully saturated rings. The fourth-order valence-corrected chi connectivity index (χ4v) is 4.18. The number of rotatable bonds is 9. The van der Waals surface area contributed by atoms with Crippen LogP contribution in [0.4, 0.5) is 4.79 Å². The smallest absolute Gasteiger partial charge is 0.408 e. The van der Waals surface area contributed by atoms with Crippen LogP contribution in [0.3, 0.4) is 0 Å². The van der Waals surface area contributed by atoms with E-state index in [2.05, 4.69) is 5.32 Å². The van der Waals surface area contributed by atoms with Crippen molar-refractivity contribution in [3.63, 3.8) is 0 Å². The van der Waals surface area contributed by atoms with Gasteiger partial charge in [-0.2, -0.15) is 0 Å². The van der Waals surface area contributed by atoms with Crippen LogP contribution < -0.4 is 19.5 Å². The maximum Gasteiger partial charge on any atom is 0.408 e. The molecular formula is C27H35NO6. The standard InChI is InChI=1S/C27H35NO6/c1-27(2,3)34-26(29)28-21(16-18-10-8-7-9-11-18)23-20(14-15-33-23)17-19-12-13-22(30-4)25(32-6)24(19)31-5/h7-15,20-21,23H,16-17H2,1-6H3,(H,28,29)/t20-,21-,23-/m0/s1. The molecule has 34 heavy (non-hydrogen) atoms. The van der Waals surface area contributed by atoms with E-state index >= 15 is 0 Å². The number of nitrogens with one attached hydrogen (secondary N) is 1. The van der Waals surface area contributed by atoms with Gasteiger partial charge in [0.25, 0.3) is 0 Å². The lowest BCUT2D eigenvalue weighted by Gasteiger charge is -2.30. The Hall–Kier alpha value is -3.35. The second-order valence-corrected chi connectivity index (χ2v) is 9.23. The van der Waals surface area contributed by atoms with Crippen LogP contribution in [0, 0.1) is 5.92 Å². The topological polar surface area (TPSA) is 75.3 Å². The Balaban J connectivity index is 1.86. The SMILES string of the molecule is COc1ccc(C[C@@H]2C=CO[C@@H]2[C@H](Cc2ccccc2)NC(=O)OC(C)(C)C)c(OC)c1OC. The second-order valence-electron chi connectivity index (χ2n) is 9.23. The van der Waals surface area contributed by atoms with E-state index < -0.39 is 11.7 Å². The predicted octanol–water partition coefficient (Wildman–Crippen LogP) is 4.92. The molecular weight excluding hydrogens is 434 g/mol. The van der Waals surface area contributed by atoms with E-state index in [0.29, 0.717) is 30.1 Å². The first-order valence-corrected chi connectivity index (χ1v) is 11.4. The zero-order chi connectivity index (χ0) is 24.7. The predicted molar refractivity (Wildman–Crippen MR) is 131 cm³/mol. The molecule has 0 bridgehead atoms. The van der Waals surface area contributed by atoms with Crippen molar-refractivity contribution in [2.45, 2.75) is 51.4 Å². The molecule has 3 atom stereocenters. The number of carbonyl (C=O) groups is 1. The fraction of sp³-hybridized carbons (Fsp3) is 0.444. The highest BCUT2D eigenvalue weighted by atomic mass is 16.6. The number of alkyl carbamates (subject to hydrolysis) is 1. The van der Waals surface area contributed by atoms with Gasteiger partial charge in [0.15, 0.2) is 11.5 Å². The van der Waals surface area contributed by atoms with Gasteiger partial charge in [0.2, 0.25) is 5.75 Å². The van der Waals surface area contributed by atoms with Crippen LogP contribution in [-0.2, 0) is 22.3 Å². The van der Waals surface area contributed by atoms with Crippen LogP contribution in [0.5, 0.6) is 17.2 Å². The third-order valence-electron chi connectivity index (χ3n) is 5.62. The number of hydrogen-bond acceptors (Lipinski definition) is 6. The molecule has 0 spiro atoms. The molecule has 1 aliphatic rings. The lowest BCUT2D eigenvalue weighted by Crippen LogP contribution is -2.49. The summed E-state index contributed by atoms with van der Waals surface area (Å²) in [5, 5.41) is 3.05. The van der Waals surface area contributed by atoms with Crippen molar-refractivity contribution >= 4 is 6.09 Å². The second kappa shape index (κ2) is 11.2. The van der Waals surface area contributed by atoms with Gasteiger partial charge in [-0.15, -0.1) is 0 Å². The van der Waals surface area contributed by atoms with Gasteiger partial charge in [-0.1, -0.05) is 36.4 Å². The van der Waals surface area contributed by atoms with E-state index in [1.807, 2.05) is 69.3 Å². The van der Waals surface area contributed by atoms with Gasteiger partial charge < -0.3 is 29.0 Å². The summed E-state index contributed by atoms with van der Waals surface area (Å²) in [6, 6.07) is 13.6. The van der Waals surface area contributed by atoms with Crippen LogP contribution in [0.1, 0.15) is 31.9 Å². The third-order valence-corrected chi connectivity index (χ3v) is 5.62. The van der Waals surface area contributed by atoms with E-state index in [-0.39, 0.29) is 18.1 Å². The van der Waals surface area contributed by atoms with Crippen molar-refractivity contribution in [2.75, 3.05) is 21.3 Å². The lowest BCUT2D eigenvalue weighted by molar-refractivity contribution is 0.0383. The van der Waals surface area contributed by atoms with E-state index in [0.717, 1.165) is 11.1 Å². The van der Waals surface area contributed by atoms with Gasteiger partial charge in [-0.05, 0) is 56.9 Å². The summed E-state index contributed by atoms with van der Waals surface area (Å²) in [6.07, 6.45) is 4.21. The summed E-state index contributed by atoms with van der Waals surface area (Å²) >= 11 is 0. The lowest BCUT2D eigenvalue weighted by atomic mass is 9.88. The molecule has 0 saturated carbocycles. The zero-order valence-corrected chi connectivity index (χ0v) is 20.8. The number of ether oxygens (including phenoxy) is 5. The summed E-state index contributed by atoms with van der Waals surface area (Å²) in [6.45, 7) is 5.54. The molecule has 0 aliphatic carbocycles. The highest BCUT2D eigenvalue weighted by Crippen LogP contribution is 2.41. The highest BCUT2D eigenvalue weighted by molar-refractivity contribution is 5.68. The Morgan fingerprint density at radius 2 is 1.71 bits per heavy atom. The number of methoxy groups -OCH3 is 3. The van der Waals surface area contributed by atoms with Crippen molar-refractivity contribution in [3.05, 3.63) is 65.9 Å². The van der Waals surface area contributed by atoms with Crippen LogP contribution in [0.15, 0.2) is 54.8 Å². The quantitative estimate of drug-likeness (QED) is 0.562. The minimum atomic E-state index is -0.595. The molecule has 0 unspecified atom stereocenters. The van der Waals surface area contributed by atoms with Crippen molar-refractivity contribution in [1.29, 1.82) is 0 Å². The number of hydrogen-bond donors (Lipinski definition) is 1. The largest absolute Gasteiger partial charge is 0.496 e. The maximum atomic E-state index is 12.7. The average Bonchev–Trinajstić information content (AvgIpc) is 3.25. The minimum absolute atomic E-state index is 0.00403. The summed E-state index contributed by atoms with van der Waals surface area (Å²) < 4.78 is 28.2. The van der Waals surface area contributed by atoms with Gasteiger partial charge in [0.05, 0.1) is 33.6 Å². The van der Waals surface area contributed by atoms with Crippen LogP contribution in [0.2, 0.25) is 0 Å². The van der Waals surface area contributed by atoms with Gasteiger partial charge in [-0.3, -0.25) is 0 Å². The first-order chi connectivity index (χ1) is 16.3. The van der Waals surface area contributed by atoms with E-state index in [1.165, 1.54) is 0 Å². The van der Waals surface area contributed by atoms with E-state index in [1.54, 1.807) is 27.6 Å². The van der Waals surface area contributed by atoms with Crippen molar-refractivity contribution in [2.24, 2.45) is 5.92 Å². The van der Waals surface area contributed by atoms with Gasteiger partial charge in [-0.25, -0.2) is 4.79 Å². The fourth-order valence-electron chi connectivity index (χ4n) is 4.18. The molecule has 0 aromatic heterocycles. The van der Waals surface area contributed by atoms with E-state index in [9.17, 15) is 4.79 Å². The monoisotopic (exact) mass is 469 g/mol. The molecule has 1 N–H and O–H groups in total. The molecule has 7 nitrogen and oxygen atoms in total. The Labute approximate surface area is 202 Å². The Kier molecular flexibility index (Phi) is 8.31. The Morgan fingerprint density at radius 3 is 2.32 bits per heavy atom. The molecule has 3 rings (SSSR count). The van der Waals surface area contributed by atoms with Crippen LogP contribution in [0.25, 0.3) is 0 Å². The van der Waals surface area contributed by atoms with Crippen molar-refractivity contribution in [3.8, 4) is 17.2 Å². The average molecular weight is 470 g/mol. The maximum absolute atomic E-state index is 12.7. The third kappa shape index (κ3) is 6.37. The molecule has 0 radical (unpaired) electrons. The molecule has 1 amide bonds. The normalized spacial score (nSPS) is 18.1. The minimum Gasteiger partial charge on any atom is -0.496 e. The summed E-state index contributed by atoms with van der Waals surface area (Å²) in [4.78, 5) is 12.7. The molecule has 1 aliphatic heterocycles. The summed E-state index contributed by atoms with van der Waals surface area (Å²) in [5.74, 6) is 1.78. The number of amides is 1. The highest BCUT2D eigenvalue weighted by Gasteiger charge is 2.35. The van der Waals surface area contributed by atoms with Crippen molar-refractivity contribution in [1.82, 2.24) is 5.32 Å². The van der Waals surface area contributed by atoms with E-state index in [4.69, 9.17) is 23.7 Å². The van der Waals surface area contributed by atoms with Crippen LogP contribution in [-0.4, -0.2) is 45.2 Å². The molecule has 2 aromatic carbocycles. The van der Waals surface area contributed by atoms with Gasteiger partial charge in [0.1, 0.15) is 11.7 Å². The number of benzene rings is 2. The molecule has 7 heteroatoms. The first-order valence-electron chi connectivity index (χ1n) is 11.4. The molecule has 0 saturated heterocycles. The number of carbonyl (C=O) groups excluding carboxylic acids is 1. The summed E-state index contributed by atoms with van der Waals surface area (Å²) in [7, 11) is 4.80. The van der Waals surface area contributed by atoms with Crippen LogP contribution >= 0.6 is 0 Å². The Bertz CT molecular complexity index is 983. The van der Waals surface area contributed by atoms with Gasteiger partial charge >= 0.3 is 6.09 Å². The summed E-state index contributed by atoms with van der Waals surface area (Å²) in [5.41, 5.74) is 1.46. The zero-order valence-electron chi connectivity index (χ0n) is 20.8. The molecule has 184 valence electrons. The van der Waals surface area contributed by atoms with Gasteiger partial charge in [0, 0.05) is 5.92 Å². The molecule has 2 aromatic rings.